The van der Waals surface area contributed by atoms with Crippen LogP contribution in [0, 0.1) is 0 Å². The van der Waals surface area contributed by atoms with Crippen LogP contribution in [0.15, 0.2) is 8.68 Å². The number of amides is 1. The molecule has 0 saturated carbocycles. The average molecular weight is 331 g/mol. The molecule has 0 spiro atoms. The first-order valence-corrected chi connectivity index (χ1v) is 8.60. The van der Waals surface area contributed by atoms with Crippen molar-refractivity contribution in [1.82, 2.24) is 30.4 Å². The molecule has 0 radical (unpaired) electrons. The highest BCUT2D eigenvalue weighted by Gasteiger charge is 2.10. The van der Waals surface area contributed by atoms with E-state index >= 15 is 0 Å². The van der Waals surface area contributed by atoms with E-state index in [1.54, 1.807) is 4.68 Å². The van der Waals surface area contributed by atoms with E-state index in [9.17, 15) is 4.79 Å². The van der Waals surface area contributed by atoms with E-state index in [4.69, 9.17) is 5.73 Å². The molecule has 0 aliphatic rings. The molecule has 1 amide bonds. The summed E-state index contributed by atoms with van der Waals surface area (Å²) in [4.78, 5) is 10.7. The van der Waals surface area contributed by atoms with Crippen molar-refractivity contribution in [2.24, 2.45) is 5.73 Å². The van der Waals surface area contributed by atoms with Crippen molar-refractivity contribution < 1.29 is 4.79 Å². The van der Waals surface area contributed by atoms with Crippen molar-refractivity contribution in [2.45, 2.75) is 34.3 Å². The van der Waals surface area contributed by atoms with Gasteiger partial charge in [-0.1, -0.05) is 41.8 Å². The van der Waals surface area contributed by atoms with Gasteiger partial charge in [0.25, 0.3) is 0 Å². The lowest BCUT2D eigenvalue weighted by Gasteiger charge is -2.00. The van der Waals surface area contributed by atoms with Crippen LogP contribution in [0.3, 0.4) is 0 Å². The second-order valence-corrected chi connectivity index (χ2v) is 7.12. The lowest BCUT2D eigenvalue weighted by molar-refractivity contribution is -0.115. The molecule has 20 heavy (non-hydrogen) atoms. The monoisotopic (exact) mass is 331 g/mol. The molecule has 2 aromatic rings. The normalized spacial score (nSPS) is 10.8. The average Bonchev–Trinajstić information content (AvgIpc) is 3.03. The van der Waals surface area contributed by atoms with E-state index in [-0.39, 0.29) is 11.7 Å². The summed E-state index contributed by atoms with van der Waals surface area (Å²) in [5.41, 5.74) is 5.08. The minimum atomic E-state index is -0.363. The highest BCUT2D eigenvalue weighted by Crippen LogP contribution is 2.30. The smallest absolute Gasteiger partial charge is 0.227 e. The van der Waals surface area contributed by atoms with Gasteiger partial charge in [-0.05, 0) is 16.8 Å². The van der Waals surface area contributed by atoms with E-state index in [2.05, 4.69) is 32.6 Å². The predicted molar refractivity (Wildman–Crippen MR) is 77.5 cm³/mol. The second-order valence-electron chi connectivity index (χ2n) is 3.70. The van der Waals surface area contributed by atoms with Crippen molar-refractivity contribution in [1.29, 1.82) is 0 Å². The molecule has 0 aliphatic heterocycles. The summed E-state index contributed by atoms with van der Waals surface area (Å²) in [7, 11) is 0. The van der Waals surface area contributed by atoms with Crippen molar-refractivity contribution in [3.8, 4) is 0 Å². The number of carbonyl (C=O) groups excluding carboxylic acids is 1. The number of aromatic nitrogens is 6. The van der Waals surface area contributed by atoms with Crippen LogP contribution in [0.2, 0.25) is 0 Å². The zero-order valence-electron chi connectivity index (χ0n) is 10.7. The number of rotatable bonds is 8. The van der Waals surface area contributed by atoms with Crippen molar-refractivity contribution >= 4 is 40.8 Å². The number of primary amides is 1. The van der Waals surface area contributed by atoms with Crippen LogP contribution in [0.5, 0.6) is 0 Å². The molecule has 2 rings (SSSR count). The lowest BCUT2D eigenvalue weighted by Crippen LogP contribution is -2.12. The minimum absolute atomic E-state index is 0.216. The van der Waals surface area contributed by atoms with E-state index in [0.717, 1.165) is 27.5 Å². The van der Waals surface area contributed by atoms with Crippen LogP contribution in [-0.4, -0.2) is 42.1 Å². The maximum atomic E-state index is 10.7. The molecule has 108 valence electrons. The molecule has 2 heterocycles. The number of hydrogen-bond donors (Lipinski definition) is 1. The van der Waals surface area contributed by atoms with Crippen molar-refractivity contribution in [2.75, 3.05) is 5.75 Å². The third-order valence-electron chi connectivity index (χ3n) is 2.09. The van der Waals surface area contributed by atoms with Crippen LogP contribution in [-0.2, 0) is 17.1 Å². The highest BCUT2D eigenvalue weighted by atomic mass is 32.2. The van der Waals surface area contributed by atoms with Gasteiger partial charge in [-0.2, -0.15) is 0 Å². The number of carbonyl (C=O) groups is 1. The molecule has 0 unspecified atom stereocenters. The molecule has 0 atom stereocenters. The fourth-order valence-corrected chi connectivity index (χ4v) is 3.98. The second kappa shape index (κ2) is 7.55. The van der Waals surface area contributed by atoms with Gasteiger partial charge in [0, 0.05) is 6.54 Å². The van der Waals surface area contributed by atoms with Crippen LogP contribution in [0.4, 0.5) is 0 Å². The fraction of sp³-hybridized carbons (Fsp3) is 0.556. The Morgan fingerprint density at radius 3 is 2.75 bits per heavy atom. The molecular formula is C9H13N7OS3. The zero-order chi connectivity index (χ0) is 14.4. The fourth-order valence-electron chi connectivity index (χ4n) is 1.29. The van der Waals surface area contributed by atoms with E-state index < -0.39 is 0 Å². The first kappa shape index (κ1) is 15.2. The quantitative estimate of drug-likeness (QED) is 0.707. The van der Waals surface area contributed by atoms with Gasteiger partial charge in [-0.25, -0.2) is 4.68 Å². The third kappa shape index (κ3) is 4.42. The highest BCUT2D eigenvalue weighted by molar-refractivity contribution is 8.03. The maximum absolute atomic E-state index is 10.7. The topological polar surface area (TPSA) is 112 Å². The van der Waals surface area contributed by atoms with Gasteiger partial charge in [0.1, 0.15) is 0 Å². The number of hydrogen-bond acceptors (Lipinski definition) is 9. The molecule has 0 saturated heterocycles. The zero-order valence-corrected chi connectivity index (χ0v) is 13.2. The number of nitrogens with two attached hydrogens (primary N) is 1. The number of thioether (sulfide) groups is 2. The Morgan fingerprint density at radius 1 is 1.30 bits per heavy atom. The first-order valence-electron chi connectivity index (χ1n) is 5.81. The summed E-state index contributed by atoms with van der Waals surface area (Å²) < 4.78 is 3.35. The molecular weight excluding hydrogens is 318 g/mol. The molecule has 11 heteroatoms. The van der Waals surface area contributed by atoms with Crippen molar-refractivity contribution in [3.05, 3.63) is 5.82 Å². The Kier molecular flexibility index (Phi) is 5.73. The molecule has 2 N–H and O–H groups in total. The summed E-state index contributed by atoms with van der Waals surface area (Å²) >= 11 is 4.25. The molecule has 0 aliphatic carbocycles. The van der Waals surface area contributed by atoms with E-state index in [1.807, 2.05) is 0 Å². The lowest BCUT2D eigenvalue weighted by atomic mass is 10.5. The Balaban J connectivity index is 1.87. The van der Waals surface area contributed by atoms with Crippen LogP contribution in [0.1, 0.15) is 19.2 Å². The predicted octanol–water partition coefficient (Wildman–Crippen LogP) is 0.804. The van der Waals surface area contributed by atoms with Crippen LogP contribution < -0.4 is 5.73 Å². The number of tetrazole rings is 1. The molecule has 0 bridgehead atoms. The Morgan fingerprint density at radius 2 is 2.05 bits per heavy atom. The SMILES string of the molecule is CCCn1nnnc1CSc1nnc(SCC(N)=O)s1. The van der Waals surface area contributed by atoms with Crippen LogP contribution in [0.25, 0.3) is 0 Å². The van der Waals surface area contributed by atoms with Gasteiger partial charge in [0.2, 0.25) is 5.91 Å². The largest absolute Gasteiger partial charge is 0.369 e. The van der Waals surface area contributed by atoms with Gasteiger partial charge in [0.05, 0.1) is 11.5 Å². The van der Waals surface area contributed by atoms with Gasteiger partial charge < -0.3 is 5.73 Å². The summed E-state index contributed by atoms with van der Waals surface area (Å²) in [6, 6.07) is 0. The van der Waals surface area contributed by atoms with Crippen molar-refractivity contribution in [3.63, 3.8) is 0 Å². The Hall–Kier alpha value is -1.20. The maximum Gasteiger partial charge on any atom is 0.227 e. The van der Waals surface area contributed by atoms with Gasteiger partial charge >= 0.3 is 0 Å². The first-order chi connectivity index (χ1) is 9.69. The summed E-state index contributed by atoms with van der Waals surface area (Å²) in [6.07, 6.45) is 0.982. The summed E-state index contributed by atoms with van der Waals surface area (Å²) in [6.45, 7) is 2.88. The summed E-state index contributed by atoms with van der Waals surface area (Å²) in [5, 5.41) is 19.6. The van der Waals surface area contributed by atoms with Crippen LogP contribution >= 0.6 is 34.9 Å². The van der Waals surface area contributed by atoms with Gasteiger partial charge in [-0.3, -0.25) is 4.79 Å². The standard InChI is InChI=1S/C9H13N7OS3/c1-2-3-16-7(11-14-15-16)5-19-9-13-12-8(20-9)18-4-6(10)17/h2-5H2,1H3,(H2,10,17). The molecule has 8 nitrogen and oxygen atoms in total. The molecule has 0 fully saturated rings. The Bertz CT molecular complexity index is 569. The van der Waals surface area contributed by atoms with E-state index in [0.29, 0.717) is 5.75 Å². The van der Waals surface area contributed by atoms with Gasteiger partial charge in [-0.15, -0.1) is 15.3 Å². The third-order valence-corrected chi connectivity index (χ3v) is 5.30. The van der Waals surface area contributed by atoms with E-state index in [1.165, 1.54) is 34.9 Å². The molecule has 0 aromatic carbocycles. The summed E-state index contributed by atoms with van der Waals surface area (Å²) in [5.74, 6) is 1.31. The number of nitrogens with zero attached hydrogens (tertiary/aromatic N) is 6. The van der Waals surface area contributed by atoms with Gasteiger partial charge in [0.15, 0.2) is 14.5 Å². The Labute approximate surface area is 127 Å². The molecule has 2 aromatic heterocycles. The minimum Gasteiger partial charge on any atom is -0.369 e. The number of aryl methyl sites for hydroxylation is 1.